The highest BCUT2D eigenvalue weighted by Gasteiger charge is 2.15. The lowest BCUT2D eigenvalue weighted by molar-refractivity contribution is 0.120. The number of carbonyl (C=O) groups is 3. The van der Waals surface area contributed by atoms with Gasteiger partial charge < -0.3 is 23.7 Å². The topological polar surface area (TPSA) is 109 Å². The van der Waals surface area contributed by atoms with Crippen LogP contribution in [0.25, 0.3) is 0 Å². The number of carbonyl (C=O) groups excluding carboxylic acids is 3. The number of anilines is 1. The van der Waals surface area contributed by atoms with Gasteiger partial charge in [-0.25, -0.2) is 14.4 Å². The predicted molar refractivity (Wildman–Crippen MR) is 68.5 cm³/mol. The molecule has 1 rings (SSSR count). The number of benzene rings is 1. The highest BCUT2D eigenvalue weighted by Crippen LogP contribution is 2.30. The van der Waals surface area contributed by atoms with Crippen molar-refractivity contribution in [1.29, 1.82) is 0 Å². The molecule has 0 unspecified atom stereocenters. The Morgan fingerprint density at radius 3 is 2.10 bits per heavy atom. The quantitative estimate of drug-likeness (QED) is 0.513. The van der Waals surface area contributed by atoms with Crippen LogP contribution in [0.4, 0.5) is 20.1 Å². The molecule has 0 atom stereocenters. The second-order valence-corrected chi connectivity index (χ2v) is 3.39. The molecule has 114 valence electrons. The van der Waals surface area contributed by atoms with Gasteiger partial charge in [-0.1, -0.05) is 0 Å². The normalized spacial score (nSPS) is 9.29. The minimum atomic E-state index is -1.02. The largest absolute Gasteiger partial charge is 0.513 e. The van der Waals surface area contributed by atoms with E-state index in [2.05, 4.69) is 19.5 Å². The van der Waals surface area contributed by atoms with Gasteiger partial charge in [-0.05, 0) is 12.1 Å². The van der Waals surface area contributed by atoms with E-state index in [0.717, 1.165) is 14.2 Å². The number of rotatable bonds is 3. The van der Waals surface area contributed by atoms with Gasteiger partial charge in [-0.2, -0.15) is 0 Å². The van der Waals surface area contributed by atoms with Crippen LogP contribution < -0.4 is 14.8 Å². The molecule has 1 aromatic carbocycles. The summed E-state index contributed by atoms with van der Waals surface area (Å²) in [6, 6.07) is 3.89. The predicted octanol–water partition coefficient (Wildman–Crippen LogP) is 2.16. The van der Waals surface area contributed by atoms with Gasteiger partial charge in [0.25, 0.3) is 0 Å². The molecular weight excluding hydrogens is 286 g/mol. The Kier molecular flexibility index (Phi) is 5.80. The van der Waals surface area contributed by atoms with E-state index in [9.17, 15) is 14.4 Å². The lowest BCUT2D eigenvalue weighted by Crippen LogP contribution is -2.15. The number of nitrogens with one attached hydrogen (secondary N) is 1. The fourth-order valence-electron chi connectivity index (χ4n) is 1.18. The highest BCUT2D eigenvalue weighted by atomic mass is 16.7. The molecule has 0 aliphatic rings. The number of hydrogen-bond acceptors (Lipinski definition) is 8. The summed E-state index contributed by atoms with van der Waals surface area (Å²) in [5, 5.41) is 2.32. The lowest BCUT2D eigenvalue weighted by atomic mass is 10.2. The van der Waals surface area contributed by atoms with Crippen LogP contribution in [-0.4, -0.2) is 39.7 Å². The summed E-state index contributed by atoms with van der Waals surface area (Å²) in [6.07, 6.45) is -2.74. The molecule has 9 nitrogen and oxygen atoms in total. The zero-order chi connectivity index (χ0) is 15.8. The summed E-state index contributed by atoms with van der Waals surface area (Å²) in [6.45, 7) is 0. The molecule has 0 aliphatic carbocycles. The van der Waals surface area contributed by atoms with Gasteiger partial charge in [0.1, 0.15) is 5.75 Å². The first-order valence-electron chi connectivity index (χ1n) is 5.50. The third-order valence-electron chi connectivity index (χ3n) is 2.10. The first-order valence-corrected chi connectivity index (χ1v) is 5.50. The molecule has 1 amide bonds. The average Bonchev–Trinajstić information content (AvgIpc) is 2.49. The maximum atomic E-state index is 11.2. The van der Waals surface area contributed by atoms with E-state index in [0.29, 0.717) is 0 Å². The van der Waals surface area contributed by atoms with Crippen LogP contribution in [0, 0.1) is 0 Å². The Bertz CT molecular complexity index is 542. The van der Waals surface area contributed by atoms with E-state index in [1.165, 1.54) is 25.3 Å². The Morgan fingerprint density at radius 2 is 1.52 bits per heavy atom. The Balaban J connectivity index is 3.03. The smallest absolute Gasteiger partial charge is 0.453 e. The van der Waals surface area contributed by atoms with Gasteiger partial charge in [0, 0.05) is 6.07 Å². The van der Waals surface area contributed by atoms with Crippen molar-refractivity contribution >= 4 is 24.1 Å². The molecule has 0 bridgehead atoms. The van der Waals surface area contributed by atoms with Crippen LogP contribution in [0.2, 0.25) is 0 Å². The zero-order valence-corrected chi connectivity index (χ0v) is 11.5. The monoisotopic (exact) mass is 299 g/mol. The molecule has 0 saturated carbocycles. The summed E-state index contributed by atoms with van der Waals surface area (Å²) in [5.74, 6) is -0.0650. The van der Waals surface area contributed by atoms with Gasteiger partial charge in [0.15, 0.2) is 5.75 Å². The third-order valence-corrected chi connectivity index (χ3v) is 2.10. The molecule has 0 fully saturated rings. The van der Waals surface area contributed by atoms with Crippen LogP contribution >= 0.6 is 0 Å². The van der Waals surface area contributed by atoms with Crippen molar-refractivity contribution in [2.75, 3.05) is 26.6 Å². The van der Waals surface area contributed by atoms with Crippen molar-refractivity contribution < 1.29 is 38.1 Å². The van der Waals surface area contributed by atoms with E-state index >= 15 is 0 Å². The number of hydrogen-bond donors (Lipinski definition) is 1. The molecular formula is C12H13NO8. The second kappa shape index (κ2) is 7.58. The van der Waals surface area contributed by atoms with Crippen LogP contribution in [-0.2, 0) is 14.2 Å². The fraction of sp³-hybridized carbons (Fsp3) is 0.250. The zero-order valence-electron chi connectivity index (χ0n) is 11.5. The maximum Gasteiger partial charge on any atom is 0.513 e. The molecule has 0 saturated heterocycles. The minimum absolute atomic E-state index is 0.0381. The molecule has 0 aliphatic heterocycles. The van der Waals surface area contributed by atoms with Crippen molar-refractivity contribution in [1.82, 2.24) is 0 Å². The summed E-state index contributed by atoms with van der Waals surface area (Å²) in [4.78, 5) is 33.4. The van der Waals surface area contributed by atoms with Gasteiger partial charge in [-0.3, -0.25) is 5.32 Å². The van der Waals surface area contributed by atoms with Crippen molar-refractivity contribution in [2.24, 2.45) is 0 Å². The second-order valence-electron chi connectivity index (χ2n) is 3.39. The molecule has 0 heterocycles. The van der Waals surface area contributed by atoms with Crippen LogP contribution in [0.15, 0.2) is 18.2 Å². The molecule has 1 aromatic rings. The Hall–Kier alpha value is -2.97. The summed E-state index contributed by atoms with van der Waals surface area (Å²) < 4.78 is 22.7. The summed E-state index contributed by atoms with van der Waals surface area (Å²) in [7, 11) is 3.43. The van der Waals surface area contributed by atoms with Gasteiger partial charge >= 0.3 is 18.4 Å². The standard InChI is InChI=1S/C12H13NO8/c1-17-10(14)13-8-5-4-7(20-11(15)18-2)6-9(8)21-12(16)19-3/h4-6H,1-3H3,(H,13,14). The molecule has 0 spiro atoms. The molecule has 1 N–H and O–H groups in total. The first-order chi connectivity index (χ1) is 9.99. The molecule has 0 radical (unpaired) electrons. The lowest BCUT2D eigenvalue weighted by Gasteiger charge is -2.11. The Morgan fingerprint density at radius 1 is 0.905 bits per heavy atom. The highest BCUT2D eigenvalue weighted by molar-refractivity contribution is 5.87. The summed E-state index contributed by atoms with van der Waals surface area (Å²) in [5.41, 5.74) is 0.115. The number of amides is 1. The Labute approximate surface area is 119 Å². The molecule has 9 heteroatoms. The van der Waals surface area contributed by atoms with Crippen molar-refractivity contribution in [3.63, 3.8) is 0 Å². The van der Waals surface area contributed by atoms with E-state index in [1.807, 2.05) is 0 Å². The van der Waals surface area contributed by atoms with E-state index < -0.39 is 18.4 Å². The first kappa shape index (κ1) is 16.1. The van der Waals surface area contributed by atoms with Crippen LogP contribution in [0.5, 0.6) is 11.5 Å². The average molecular weight is 299 g/mol. The van der Waals surface area contributed by atoms with Crippen molar-refractivity contribution in [3.8, 4) is 11.5 Å². The fourth-order valence-corrected chi connectivity index (χ4v) is 1.18. The van der Waals surface area contributed by atoms with Crippen LogP contribution in [0.1, 0.15) is 0 Å². The third kappa shape index (κ3) is 4.90. The van der Waals surface area contributed by atoms with Gasteiger partial charge in [0.2, 0.25) is 0 Å². The molecule has 0 aromatic heterocycles. The number of methoxy groups -OCH3 is 3. The van der Waals surface area contributed by atoms with E-state index in [-0.39, 0.29) is 17.2 Å². The maximum absolute atomic E-state index is 11.2. The van der Waals surface area contributed by atoms with Gasteiger partial charge in [0.05, 0.1) is 27.0 Å². The van der Waals surface area contributed by atoms with Crippen molar-refractivity contribution in [2.45, 2.75) is 0 Å². The van der Waals surface area contributed by atoms with Crippen LogP contribution in [0.3, 0.4) is 0 Å². The van der Waals surface area contributed by atoms with Crippen molar-refractivity contribution in [3.05, 3.63) is 18.2 Å². The SMILES string of the molecule is COC(=O)Nc1ccc(OC(=O)OC)cc1OC(=O)OC. The minimum Gasteiger partial charge on any atom is -0.453 e. The van der Waals surface area contributed by atoms with Gasteiger partial charge in [-0.15, -0.1) is 0 Å². The van der Waals surface area contributed by atoms with E-state index in [1.54, 1.807) is 0 Å². The van der Waals surface area contributed by atoms with E-state index in [4.69, 9.17) is 9.47 Å². The molecule has 21 heavy (non-hydrogen) atoms. The summed E-state index contributed by atoms with van der Waals surface area (Å²) >= 11 is 0. The number of ether oxygens (including phenoxy) is 5.